The molecule has 1 aromatic rings. The smallest absolute Gasteiger partial charge is 0.244 e. The number of benzene rings is 1. The van der Waals surface area contributed by atoms with Crippen LogP contribution in [0.2, 0.25) is 0 Å². The van der Waals surface area contributed by atoms with E-state index in [1.165, 1.54) is 6.42 Å². The van der Waals surface area contributed by atoms with Gasteiger partial charge >= 0.3 is 0 Å². The molecule has 0 heterocycles. The first-order valence-corrected chi connectivity index (χ1v) is 7.99. The largest absolute Gasteiger partial charge is 0.368 e. The molecule has 0 aliphatic heterocycles. The molecule has 0 spiro atoms. The zero-order chi connectivity index (χ0) is 16.7. The summed E-state index contributed by atoms with van der Waals surface area (Å²) in [5, 5.41) is 5.21. The first-order chi connectivity index (χ1) is 11.1. The summed E-state index contributed by atoms with van der Waals surface area (Å²) in [7, 11) is 0. The SMILES string of the molecule is NC(=O)[C@H](NC(=O)CNC(=O)C1CCCCC1)c1ccccc1. The number of nitrogens with two attached hydrogens (primary N) is 1. The molecule has 2 rings (SSSR count). The van der Waals surface area contributed by atoms with Crippen molar-refractivity contribution in [1.82, 2.24) is 10.6 Å². The summed E-state index contributed by atoms with van der Waals surface area (Å²) in [6, 6.07) is 7.89. The summed E-state index contributed by atoms with van der Waals surface area (Å²) in [5.74, 6) is -1.15. The highest BCUT2D eigenvalue weighted by Gasteiger charge is 2.23. The predicted octanol–water partition coefficient (Wildman–Crippen LogP) is 1.03. The molecule has 1 atom stereocenters. The highest BCUT2D eigenvalue weighted by Crippen LogP contribution is 2.23. The Bertz CT molecular complexity index is 553. The second-order valence-corrected chi connectivity index (χ2v) is 5.87. The van der Waals surface area contributed by atoms with E-state index in [0.717, 1.165) is 25.7 Å². The second-order valence-electron chi connectivity index (χ2n) is 5.87. The molecule has 1 fully saturated rings. The van der Waals surface area contributed by atoms with Gasteiger partial charge in [-0.1, -0.05) is 49.6 Å². The van der Waals surface area contributed by atoms with Crippen LogP contribution in [0.25, 0.3) is 0 Å². The van der Waals surface area contributed by atoms with Gasteiger partial charge in [-0.25, -0.2) is 0 Å². The van der Waals surface area contributed by atoms with Gasteiger partial charge in [0.25, 0.3) is 0 Å². The quantitative estimate of drug-likeness (QED) is 0.730. The normalized spacial score (nSPS) is 16.3. The second kappa shape index (κ2) is 8.31. The molecule has 0 saturated heterocycles. The standard InChI is InChI=1S/C17H23N3O3/c18-16(22)15(12-7-3-1-4-8-12)20-14(21)11-19-17(23)13-9-5-2-6-10-13/h1,3-4,7-8,13,15H,2,5-6,9-11H2,(H2,18,22)(H,19,23)(H,20,21)/t15-/m1/s1. The van der Waals surface area contributed by atoms with Crippen LogP contribution in [-0.2, 0) is 14.4 Å². The maximum absolute atomic E-state index is 12.0. The molecular formula is C17H23N3O3. The molecule has 23 heavy (non-hydrogen) atoms. The van der Waals surface area contributed by atoms with Crippen LogP contribution >= 0.6 is 0 Å². The number of carbonyl (C=O) groups excluding carboxylic acids is 3. The minimum atomic E-state index is -0.893. The number of hydrogen-bond acceptors (Lipinski definition) is 3. The van der Waals surface area contributed by atoms with E-state index in [2.05, 4.69) is 10.6 Å². The summed E-state index contributed by atoms with van der Waals surface area (Å²) in [5.41, 5.74) is 5.97. The van der Waals surface area contributed by atoms with Crippen LogP contribution in [-0.4, -0.2) is 24.3 Å². The fourth-order valence-electron chi connectivity index (χ4n) is 2.85. The van der Waals surface area contributed by atoms with E-state index >= 15 is 0 Å². The van der Waals surface area contributed by atoms with Crippen LogP contribution in [0.4, 0.5) is 0 Å². The van der Waals surface area contributed by atoms with Gasteiger partial charge in [0.1, 0.15) is 6.04 Å². The van der Waals surface area contributed by atoms with Crippen molar-refractivity contribution in [3.63, 3.8) is 0 Å². The molecule has 6 heteroatoms. The van der Waals surface area contributed by atoms with Crippen molar-refractivity contribution in [2.75, 3.05) is 6.54 Å². The molecule has 1 saturated carbocycles. The number of nitrogens with one attached hydrogen (secondary N) is 2. The summed E-state index contributed by atoms with van der Waals surface area (Å²) in [6.07, 6.45) is 5.04. The molecule has 1 aliphatic carbocycles. The van der Waals surface area contributed by atoms with Gasteiger partial charge in [-0.15, -0.1) is 0 Å². The number of rotatable bonds is 6. The van der Waals surface area contributed by atoms with Crippen molar-refractivity contribution in [3.8, 4) is 0 Å². The Morgan fingerprint density at radius 3 is 2.35 bits per heavy atom. The van der Waals surface area contributed by atoms with E-state index in [1.807, 2.05) is 6.07 Å². The van der Waals surface area contributed by atoms with Gasteiger partial charge in [-0.2, -0.15) is 0 Å². The fraction of sp³-hybridized carbons (Fsp3) is 0.471. The van der Waals surface area contributed by atoms with Crippen molar-refractivity contribution in [2.24, 2.45) is 11.7 Å². The number of primary amides is 1. The minimum absolute atomic E-state index is 0.00221. The fourth-order valence-corrected chi connectivity index (χ4v) is 2.85. The summed E-state index contributed by atoms with van der Waals surface area (Å²) in [6.45, 7) is -0.147. The van der Waals surface area contributed by atoms with Gasteiger partial charge in [-0.3, -0.25) is 14.4 Å². The van der Waals surface area contributed by atoms with Crippen molar-refractivity contribution in [3.05, 3.63) is 35.9 Å². The molecule has 0 radical (unpaired) electrons. The maximum atomic E-state index is 12.0. The number of amides is 3. The van der Waals surface area contributed by atoms with E-state index < -0.39 is 17.9 Å². The lowest BCUT2D eigenvalue weighted by Crippen LogP contribution is -2.44. The van der Waals surface area contributed by atoms with Crippen molar-refractivity contribution >= 4 is 17.7 Å². The molecule has 0 aromatic heterocycles. The Morgan fingerprint density at radius 2 is 1.74 bits per heavy atom. The van der Waals surface area contributed by atoms with Crippen LogP contribution in [0.15, 0.2) is 30.3 Å². The van der Waals surface area contributed by atoms with Crippen molar-refractivity contribution in [1.29, 1.82) is 0 Å². The van der Waals surface area contributed by atoms with Gasteiger partial charge in [0.15, 0.2) is 0 Å². The Kier molecular flexibility index (Phi) is 6.14. The first kappa shape index (κ1) is 17.0. The third-order valence-electron chi connectivity index (χ3n) is 4.12. The van der Waals surface area contributed by atoms with Gasteiger partial charge < -0.3 is 16.4 Å². The van der Waals surface area contributed by atoms with E-state index in [0.29, 0.717) is 5.56 Å². The van der Waals surface area contributed by atoms with Crippen LogP contribution in [0, 0.1) is 5.92 Å². The van der Waals surface area contributed by atoms with Gasteiger partial charge in [-0.05, 0) is 18.4 Å². The molecule has 1 aliphatic rings. The van der Waals surface area contributed by atoms with Crippen molar-refractivity contribution in [2.45, 2.75) is 38.1 Å². The van der Waals surface area contributed by atoms with Crippen LogP contribution in [0.3, 0.4) is 0 Å². The van der Waals surface area contributed by atoms with Gasteiger partial charge in [0, 0.05) is 5.92 Å². The average molecular weight is 317 g/mol. The van der Waals surface area contributed by atoms with Gasteiger partial charge in [0.05, 0.1) is 6.54 Å². The third kappa shape index (κ3) is 5.09. The molecule has 1 aromatic carbocycles. The lowest BCUT2D eigenvalue weighted by atomic mass is 9.89. The lowest BCUT2D eigenvalue weighted by Gasteiger charge is -2.21. The molecule has 0 bridgehead atoms. The van der Waals surface area contributed by atoms with Crippen LogP contribution in [0.1, 0.15) is 43.7 Å². The highest BCUT2D eigenvalue weighted by molar-refractivity contribution is 5.90. The minimum Gasteiger partial charge on any atom is -0.368 e. The molecule has 6 nitrogen and oxygen atoms in total. The lowest BCUT2D eigenvalue weighted by molar-refractivity contribution is -0.130. The maximum Gasteiger partial charge on any atom is 0.244 e. The zero-order valence-electron chi connectivity index (χ0n) is 13.1. The zero-order valence-corrected chi connectivity index (χ0v) is 13.1. The van der Waals surface area contributed by atoms with Crippen molar-refractivity contribution < 1.29 is 14.4 Å². The van der Waals surface area contributed by atoms with Crippen LogP contribution in [0.5, 0.6) is 0 Å². The topological polar surface area (TPSA) is 101 Å². The average Bonchev–Trinajstić information content (AvgIpc) is 2.58. The Hall–Kier alpha value is -2.37. The summed E-state index contributed by atoms with van der Waals surface area (Å²) < 4.78 is 0. The molecule has 124 valence electrons. The first-order valence-electron chi connectivity index (χ1n) is 7.99. The van der Waals surface area contributed by atoms with E-state index in [-0.39, 0.29) is 18.4 Å². The van der Waals surface area contributed by atoms with Gasteiger partial charge in [0.2, 0.25) is 17.7 Å². The van der Waals surface area contributed by atoms with E-state index in [1.54, 1.807) is 24.3 Å². The number of hydrogen-bond donors (Lipinski definition) is 3. The predicted molar refractivity (Wildman–Crippen MR) is 86.1 cm³/mol. The Balaban J connectivity index is 1.85. The Labute approximate surface area is 135 Å². The molecule has 0 unspecified atom stereocenters. The monoisotopic (exact) mass is 317 g/mol. The molecular weight excluding hydrogens is 294 g/mol. The third-order valence-corrected chi connectivity index (χ3v) is 4.12. The van der Waals surface area contributed by atoms with E-state index in [9.17, 15) is 14.4 Å². The van der Waals surface area contributed by atoms with Crippen LogP contribution < -0.4 is 16.4 Å². The Morgan fingerprint density at radius 1 is 1.09 bits per heavy atom. The summed E-state index contributed by atoms with van der Waals surface area (Å²) >= 11 is 0. The highest BCUT2D eigenvalue weighted by atomic mass is 16.2. The van der Waals surface area contributed by atoms with E-state index in [4.69, 9.17) is 5.73 Å². The number of carbonyl (C=O) groups is 3. The summed E-state index contributed by atoms with van der Waals surface area (Å²) in [4.78, 5) is 35.5. The molecule has 3 amide bonds. The molecule has 4 N–H and O–H groups in total.